The lowest BCUT2D eigenvalue weighted by molar-refractivity contribution is -0.137. The van der Waals surface area contributed by atoms with Crippen LogP contribution in [0.1, 0.15) is 22.5 Å². The number of alkyl halides is 3. The van der Waals surface area contributed by atoms with E-state index in [1.54, 1.807) is 11.8 Å². The third-order valence-electron chi connectivity index (χ3n) is 4.58. The van der Waals surface area contributed by atoms with E-state index in [2.05, 4.69) is 20.7 Å². The fraction of sp³-hybridized carbons (Fsp3) is 0.444. The summed E-state index contributed by atoms with van der Waals surface area (Å²) in [5.74, 6) is 0.0872. The second-order valence-corrected chi connectivity index (χ2v) is 6.68. The van der Waals surface area contributed by atoms with Gasteiger partial charge in [-0.25, -0.2) is 0 Å². The van der Waals surface area contributed by atoms with Crippen molar-refractivity contribution in [3.05, 3.63) is 46.8 Å². The van der Waals surface area contributed by atoms with Crippen LogP contribution in [0.4, 0.5) is 13.2 Å². The van der Waals surface area contributed by atoms with E-state index in [1.165, 1.54) is 23.0 Å². The molecule has 1 amide bonds. The molecule has 1 aliphatic rings. The van der Waals surface area contributed by atoms with Crippen molar-refractivity contribution >= 4 is 12.0 Å². The molecule has 11 heteroatoms. The zero-order chi connectivity index (χ0) is 21.0. The van der Waals surface area contributed by atoms with Crippen molar-refractivity contribution in [3.8, 4) is 0 Å². The summed E-state index contributed by atoms with van der Waals surface area (Å²) in [6, 6.07) is 2.96. The molecule has 29 heavy (non-hydrogen) atoms. The van der Waals surface area contributed by atoms with E-state index in [0.29, 0.717) is 36.6 Å². The molecule has 0 saturated carbocycles. The second-order valence-electron chi connectivity index (χ2n) is 6.68. The molecule has 1 aromatic carbocycles. The summed E-state index contributed by atoms with van der Waals surface area (Å²) in [4.78, 5) is 15.3. The van der Waals surface area contributed by atoms with Gasteiger partial charge in [0.25, 0.3) is 0 Å². The maximum absolute atomic E-state index is 13.1. The third kappa shape index (κ3) is 5.18. The Hall–Kier alpha value is -2.79. The largest absolute Gasteiger partial charge is 0.416 e. The molecule has 1 aliphatic heterocycles. The summed E-state index contributed by atoms with van der Waals surface area (Å²) < 4.78 is 39.4. The lowest BCUT2D eigenvalue weighted by Crippen LogP contribution is -2.54. The van der Waals surface area contributed by atoms with E-state index >= 15 is 0 Å². The van der Waals surface area contributed by atoms with Crippen LogP contribution < -0.4 is 5.32 Å². The molecule has 2 heterocycles. The number of rotatable bonds is 5. The number of carbonyl (C=O) groups excluding carboxylic acids is 1. The first-order valence-corrected chi connectivity index (χ1v) is 9.02. The molecule has 2 aromatic rings. The summed E-state index contributed by atoms with van der Waals surface area (Å²) in [6.07, 6.45) is -1.72. The van der Waals surface area contributed by atoms with Gasteiger partial charge >= 0.3 is 6.18 Å². The van der Waals surface area contributed by atoms with Gasteiger partial charge in [0, 0.05) is 25.7 Å². The summed E-state index contributed by atoms with van der Waals surface area (Å²) >= 11 is 0. The number of nitrogens with one attached hydrogen (secondary N) is 1. The molecule has 1 aromatic heterocycles. The minimum Gasteiger partial charge on any atom is -0.394 e. The Labute approximate surface area is 165 Å². The molecular formula is C18H21F3N6O2. The molecular weight excluding hydrogens is 389 g/mol. The molecule has 0 aliphatic carbocycles. The Morgan fingerprint density at radius 2 is 2.21 bits per heavy atom. The summed E-state index contributed by atoms with van der Waals surface area (Å²) in [6.45, 7) is 2.97. The number of nitrogens with zero attached hydrogens (tertiary/aromatic N) is 5. The maximum Gasteiger partial charge on any atom is 0.416 e. The van der Waals surface area contributed by atoms with Crippen LogP contribution in [0.15, 0.2) is 24.3 Å². The van der Waals surface area contributed by atoms with Gasteiger partial charge in [-0.2, -0.15) is 18.0 Å². The Kier molecular flexibility index (Phi) is 6.28. The van der Waals surface area contributed by atoms with Crippen LogP contribution in [0.2, 0.25) is 0 Å². The lowest BCUT2D eigenvalue weighted by atomic mass is 10.0. The number of tetrazole rings is 1. The summed E-state index contributed by atoms with van der Waals surface area (Å²) in [7, 11) is 0. The van der Waals surface area contributed by atoms with Crippen molar-refractivity contribution in [1.29, 1.82) is 0 Å². The first-order valence-electron chi connectivity index (χ1n) is 9.02. The number of aliphatic hydroxyl groups is 1. The smallest absolute Gasteiger partial charge is 0.394 e. The minimum atomic E-state index is -4.49. The highest BCUT2D eigenvalue weighted by atomic mass is 19.4. The molecule has 0 bridgehead atoms. The number of benzene rings is 1. The quantitative estimate of drug-likeness (QED) is 0.710. The van der Waals surface area contributed by atoms with Crippen molar-refractivity contribution in [2.24, 2.45) is 0 Å². The predicted molar refractivity (Wildman–Crippen MR) is 97.6 cm³/mol. The molecule has 1 atom stereocenters. The number of hydrogen-bond donors (Lipinski definition) is 2. The minimum absolute atomic E-state index is 0.0223. The first kappa shape index (κ1) is 20.9. The molecule has 1 saturated heterocycles. The van der Waals surface area contributed by atoms with E-state index in [1.807, 2.05) is 0 Å². The Balaban J connectivity index is 1.86. The number of aryl methyl sites for hydroxylation is 1. The number of halogens is 3. The average Bonchev–Trinajstić information content (AvgIpc) is 3.10. The van der Waals surface area contributed by atoms with Crippen molar-refractivity contribution < 1.29 is 23.1 Å². The van der Waals surface area contributed by atoms with Crippen LogP contribution in [0.3, 0.4) is 0 Å². The van der Waals surface area contributed by atoms with Crippen molar-refractivity contribution in [3.63, 3.8) is 0 Å². The fourth-order valence-corrected chi connectivity index (χ4v) is 3.10. The Bertz CT molecular complexity index is 896. The highest BCUT2D eigenvalue weighted by molar-refractivity contribution is 5.92. The van der Waals surface area contributed by atoms with Gasteiger partial charge in [0.05, 0.1) is 24.8 Å². The van der Waals surface area contributed by atoms with Crippen LogP contribution in [-0.2, 0) is 17.5 Å². The standard InChI is InChI=1S/C18H21F3N6O2/c1-12-23-25-27(24-12)10-14-8-15(18(19,20)21)4-2-13(14)3-5-17(29)26-7-6-22-9-16(26)11-28/h2-5,8,16,22,28H,6-7,9-11H2,1H3/b5-3+/t16-/m0/s1. The Morgan fingerprint density at radius 1 is 1.41 bits per heavy atom. The highest BCUT2D eigenvalue weighted by Crippen LogP contribution is 2.31. The number of piperazine rings is 1. The van der Waals surface area contributed by atoms with E-state index in [9.17, 15) is 23.1 Å². The van der Waals surface area contributed by atoms with E-state index in [0.717, 1.165) is 12.1 Å². The van der Waals surface area contributed by atoms with Gasteiger partial charge in [-0.3, -0.25) is 4.79 Å². The summed E-state index contributed by atoms with van der Waals surface area (Å²) in [5.41, 5.74) is -0.0486. The third-order valence-corrected chi connectivity index (χ3v) is 4.58. The molecule has 156 valence electrons. The number of aliphatic hydroxyl groups excluding tert-OH is 1. The molecule has 0 radical (unpaired) electrons. The maximum atomic E-state index is 13.1. The SMILES string of the molecule is Cc1nnn(Cc2cc(C(F)(F)F)ccc2/C=C/C(=O)N2CCNC[C@H]2CO)n1. The molecule has 0 spiro atoms. The van der Waals surface area contributed by atoms with Gasteiger partial charge in [-0.1, -0.05) is 6.07 Å². The van der Waals surface area contributed by atoms with Gasteiger partial charge in [0.15, 0.2) is 5.82 Å². The zero-order valence-corrected chi connectivity index (χ0v) is 15.7. The summed E-state index contributed by atoms with van der Waals surface area (Å²) in [5, 5.41) is 24.0. The van der Waals surface area contributed by atoms with Crippen LogP contribution in [-0.4, -0.2) is 68.4 Å². The molecule has 3 rings (SSSR count). The second kappa shape index (κ2) is 8.70. The van der Waals surface area contributed by atoms with E-state index in [-0.39, 0.29) is 25.1 Å². The Morgan fingerprint density at radius 3 is 2.86 bits per heavy atom. The van der Waals surface area contributed by atoms with Crippen LogP contribution in [0.25, 0.3) is 6.08 Å². The predicted octanol–water partition coefficient (Wildman–Crippen LogP) is 0.855. The first-order chi connectivity index (χ1) is 13.8. The number of aromatic nitrogens is 4. The average molecular weight is 410 g/mol. The van der Waals surface area contributed by atoms with E-state index in [4.69, 9.17) is 0 Å². The van der Waals surface area contributed by atoms with Crippen LogP contribution in [0.5, 0.6) is 0 Å². The molecule has 2 N–H and O–H groups in total. The van der Waals surface area contributed by atoms with Gasteiger partial charge in [0.2, 0.25) is 5.91 Å². The topological polar surface area (TPSA) is 96.2 Å². The van der Waals surface area contributed by atoms with Gasteiger partial charge < -0.3 is 15.3 Å². The number of carbonyl (C=O) groups is 1. The monoisotopic (exact) mass is 410 g/mol. The fourth-order valence-electron chi connectivity index (χ4n) is 3.10. The lowest BCUT2D eigenvalue weighted by Gasteiger charge is -2.34. The molecule has 1 fully saturated rings. The van der Waals surface area contributed by atoms with Crippen molar-refractivity contribution in [2.75, 3.05) is 26.2 Å². The van der Waals surface area contributed by atoms with Gasteiger partial charge in [0.1, 0.15) is 0 Å². The van der Waals surface area contributed by atoms with Crippen molar-refractivity contribution in [2.45, 2.75) is 25.7 Å². The van der Waals surface area contributed by atoms with Crippen LogP contribution in [0, 0.1) is 6.92 Å². The number of amides is 1. The molecule has 0 unspecified atom stereocenters. The van der Waals surface area contributed by atoms with Gasteiger partial charge in [-0.05, 0) is 41.5 Å². The normalized spacial score (nSPS) is 17.8. The van der Waals surface area contributed by atoms with Gasteiger partial charge in [-0.15, -0.1) is 10.2 Å². The van der Waals surface area contributed by atoms with E-state index < -0.39 is 11.7 Å². The highest BCUT2D eigenvalue weighted by Gasteiger charge is 2.31. The van der Waals surface area contributed by atoms with Crippen LogP contribution >= 0.6 is 0 Å². The molecule has 8 nitrogen and oxygen atoms in total. The number of hydrogen-bond acceptors (Lipinski definition) is 6. The van der Waals surface area contributed by atoms with Crippen molar-refractivity contribution in [1.82, 2.24) is 30.4 Å². The zero-order valence-electron chi connectivity index (χ0n) is 15.7.